The summed E-state index contributed by atoms with van der Waals surface area (Å²) in [4.78, 5) is 39.5. The van der Waals surface area contributed by atoms with E-state index in [4.69, 9.17) is 16.0 Å². The van der Waals surface area contributed by atoms with E-state index in [0.29, 0.717) is 40.4 Å². The first kappa shape index (κ1) is 20.3. The normalized spacial score (nSPS) is 14.2. The predicted octanol–water partition coefficient (Wildman–Crippen LogP) is 3.16. The Bertz CT molecular complexity index is 1400. The Morgan fingerprint density at radius 1 is 1.09 bits per heavy atom. The van der Waals surface area contributed by atoms with Gasteiger partial charge in [0, 0.05) is 25.0 Å². The lowest BCUT2D eigenvalue weighted by molar-refractivity contribution is -0.132. The van der Waals surface area contributed by atoms with Crippen molar-refractivity contribution in [2.75, 3.05) is 18.4 Å². The van der Waals surface area contributed by atoms with Gasteiger partial charge in [-0.05, 0) is 55.7 Å². The molecule has 0 unspecified atom stereocenters. The Morgan fingerprint density at radius 2 is 1.91 bits per heavy atom. The monoisotopic (exact) mass is 453 g/mol. The van der Waals surface area contributed by atoms with Crippen LogP contribution in [0.3, 0.4) is 0 Å². The molecular weight excluding hydrogens is 434 g/mol. The zero-order chi connectivity index (χ0) is 22.2. The highest BCUT2D eigenvalue weighted by molar-refractivity contribution is 6.33. The highest BCUT2D eigenvalue weighted by atomic mass is 35.5. The number of anilines is 1. The lowest BCUT2D eigenvalue weighted by Crippen LogP contribution is -2.39. The van der Waals surface area contributed by atoms with Gasteiger partial charge in [0.25, 0.3) is 5.91 Å². The zero-order valence-electron chi connectivity index (χ0n) is 17.1. The highest BCUT2D eigenvalue weighted by Gasteiger charge is 2.20. The number of aromatic nitrogens is 3. The maximum atomic E-state index is 12.7. The van der Waals surface area contributed by atoms with Crippen LogP contribution in [-0.2, 0) is 11.3 Å². The van der Waals surface area contributed by atoms with E-state index < -0.39 is 11.7 Å². The molecule has 1 fully saturated rings. The van der Waals surface area contributed by atoms with Gasteiger partial charge in [0.1, 0.15) is 6.54 Å². The summed E-state index contributed by atoms with van der Waals surface area (Å²) in [5, 5.41) is 7.50. The van der Waals surface area contributed by atoms with E-state index in [1.165, 1.54) is 9.08 Å². The molecule has 0 radical (unpaired) electrons. The van der Waals surface area contributed by atoms with Crippen LogP contribution in [-0.4, -0.2) is 44.0 Å². The van der Waals surface area contributed by atoms with Crippen LogP contribution in [0.25, 0.3) is 16.6 Å². The van der Waals surface area contributed by atoms with E-state index in [9.17, 15) is 14.4 Å². The fraction of sp³-hybridized carbons (Fsp3) is 0.273. The summed E-state index contributed by atoms with van der Waals surface area (Å²) in [5.41, 5.74) is 2.05. The Labute approximate surface area is 187 Å². The molecule has 2 amide bonds. The predicted molar refractivity (Wildman–Crippen MR) is 119 cm³/mol. The van der Waals surface area contributed by atoms with E-state index in [1.807, 2.05) is 0 Å². The van der Waals surface area contributed by atoms with E-state index >= 15 is 0 Å². The van der Waals surface area contributed by atoms with Crippen molar-refractivity contribution in [3.8, 4) is 0 Å². The Balaban J connectivity index is 1.40. The van der Waals surface area contributed by atoms with Gasteiger partial charge in [0.2, 0.25) is 5.91 Å². The van der Waals surface area contributed by atoms with Gasteiger partial charge in [0.05, 0.1) is 16.1 Å². The number of oxazole rings is 1. The molecule has 0 bridgehead atoms. The minimum atomic E-state index is -0.608. The van der Waals surface area contributed by atoms with Gasteiger partial charge in [-0.15, -0.1) is 0 Å². The summed E-state index contributed by atoms with van der Waals surface area (Å²) in [6, 6.07) is 9.89. The average molecular weight is 454 g/mol. The Morgan fingerprint density at radius 3 is 2.69 bits per heavy atom. The number of likely N-dealkylation sites (tertiary alicyclic amines) is 1. The average Bonchev–Trinajstić information content (AvgIpc) is 3.37. The maximum absolute atomic E-state index is 12.7. The summed E-state index contributed by atoms with van der Waals surface area (Å²) in [6.45, 7) is 1.30. The third-order valence-corrected chi connectivity index (χ3v) is 5.93. The number of piperidine rings is 1. The van der Waals surface area contributed by atoms with Crippen LogP contribution in [0.15, 0.2) is 51.8 Å². The molecule has 1 N–H and O–H groups in total. The van der Waals surface area contributed by atoms with E-state index in [2.05, 4.69) is 10.4 Å². The van der Waals surface area contributed by atoms with E-state index in [1.54, 1.807) is 47.5 Å². The van der Waals surface area contributed by atoms with Crippen molar-refractivity contribution in [2.24, 2.45) is 0 Å². The molecule has 1 aliphatic rings. The van der Waals surface area contributed by atoms with Crippen molar-refractivity contribution in [3.63, 3.8) is 0 Å². The summed E-state index contributed by atoms with van der Waals surface area (Å²) < 4.78 is 8.10. The second-order valence-electron chi connectivity index (χ2n) is 7.75. The number of nitrogens with one attached hydrogen (secondary N) is 1. The number of carbonyl (C=O) groups excluding carboxylic acids is 2. The van der Waals surface area contributed by atoms with Gasteiger partial charge >= 0.3 is 5.76 Å². The van der Waals surface area contributed by atoms with Crippen molar-refractivity contribution < 1.29 is 14.0 Å². The van der Waals surface area contributed by atoms with Gasteiger partial charge in [-0.3, -0.25) is 14.2 Å². The first-order chi connectivity index (χ1) is 15.5. The van der Waals surface area contributed by atoms with E-state index in [-0.39, 0.29) is 18.1 Å². The van der Waals surface area contributed by atoms with Gasteiger partial charge in [-0.2, -0.15) is 5.10 Å². The largest absolute Gasteiger partial charge is 0.420 e. The van der Waals surface area contributed by atoms with Crippen LogP contribution in [0.5, 0.6) is 0 Å². The van der Waals surface area contributed by atoms with Crippen molar-refractivity contribution >= 4 is 45.7 Å². The lowest BCUT2D eigenvalue weighted by Gasteiger charge is -2.26. The van der Waals surface area contributed by atoms with Crippen LogP contribution < -0.4 is 11.1 Å². The number of halogens is 1. The quantitative estimate of drug-likeness (QED) is 0.511. The minimum Gasteiger partial charge on any atom is -0.408 e. The van der Waals surface area contributed by atoms with Gasteiger partial charge in [-0.25, -0.2) is 9.31 Å². The summed E-state index contributed by atoms with van der Waals surface area (Å²) in [7, 11) is 0. The standard InChI is InChI=1S/C22H20ClN5O4/c23-15-5-4-10-28-17(15)12-16(25-28)21(30)24-14-6-7-19-18(11-14)27(22(31)32-19)13-20(29)26-8-2-1-3-9-26/h4-7,10-12H,1-3,8-9,13H2,(H,24,30). The molecule has 0 spiro atoms. The van der Waals surface area contributed by atoms with Crippen LogP contribution in [0, 0.1) is 0 Å². The lowest BCUT2D eigenvalue weighted by atomic mass is 10.1. The molecule has 1 aromatic carbocycles. The number of benzene rings is 1. The highest BCUT2D eigenvalue weighted by Crippen LogP contribution is 2.21. The second kappa shape index (κ2) is 8.16. The zero-order valence-corrected chi connectivity index (χ0v) is 17.8. The van der Waals surface area contributed by atoms with Gasteiger partial charge in [0.15, 0.2) is 11.3 Å². The molecule has 4 heterocycles. The summed E-state index contributed by atoms with van der Waals surface area (Å²) in [5.74, 6) is -1.15. The van der Waals surface area contributed by atoms with Crippen molar-refractivity contribution in [3.05, 3.63) is 63.9 Å². The number of amides is 2. The molecule has 9 nitrogen and oxygen atoms in total. The Hall–Kier alpha value is -3.59. The minimum absolute atomic E-state index is 0.103. The molecule has 1 aliphatic heterocycles. The van der Waals surface area contributed by atoms with Crippen molar-refractivity contribution in [1.82, 2.24) is 19.1 Å². The number of carbonyl (C=O) groups is 2. The molecule has 32 heavy (non-hydrogen) atoms. The molecule has 0 atom stereocenters. The molecule has 0 aliphatic carbocycles. The topological polar surface area (TPSA) is 102 Å². The third kappa shape index (κ3) is 3.75. The van der Waals surface area contributed by atoms with Crippen molar-refractivity contribution in [1.29, 1.82) is 0 Å². The summed E-state index contributed by atoms with van der Waals surface area (Å²) >= 11 is 6.15. The van der Waals surface area contributed by atoms with Crippen LogP contribution >= 0.6 is 11.6 Å². The maximum Gasteiger partial charge on any atom is 0.420 e. The number of rotatable bonds is 4. The first-order valence-corrected chi connectivity index (χ1v) is 10.7. The molecule has 10 heteroatoms. The van der Waals surface area contributed by atoms with Crippen LogP contribution in [0.4, 0.5) is 5.69 Å². The third-order valence-electron chi connectivity index (χ3n) is 5.61. The smallest absolute Gasteiger partial charge is 0.408 e. The number of fused-ring (bicyclic) bond motifs is 2. The number of hydrogen-bond acceptors (Lipinski definition) is 5. The van der Waals surface area contributed by atoms with Crippen molar-refractivity contribution in [2.45, 2.75) is 25.8 Å². The molecule has 1 saturated heterocycles. The van der Waals surface area contributed by atoms with Gasteiger partial charge < -0.3 is 14.6 Å². The fourth-order valence-electron chi connectivity index (χ4n) is 3.96. The van der Waals surface area contributed by atoms with E-state index in [0.717, 1.165) is 19.3 Å². The molecule has 3 aromatic heterocycles. The fourth-order valence-corrected chi connectivity index (χ4v) is 4.17. The van der Waals surface area contributed by atoms with Crippen LogP contribution in [0.1, 0.15) is 29.8 Å². The van der Waals surface area contributed by atoms with Crippen LogP contribution in [0.2, 0.25) is 5.02 Å². The number of nitrogens with zero attached hydrogens (tertiary/aromatic N) is 4. The number of pyridine rings is 1. The molecular formula is C22H20ClN5O4. The van der Waals surface area contributed by atoms with Gasteiger partial charge in [-0.1, -0.05) is 11.6 Å². The molecule has 164 valence electrons. The second-order valence-corrected chi connectivity index (χ2v) is 8.15. The summed E-state index contributed by atoms with van der Waals surface area (Å²) in [6.07, 6.45) is 4.75. The molecule has 5 rings (SSSR count). The Kier molecular flexibility index (Phi) is 5.18. The SMILES string of the molecule is O=C(Nc1ccc2oc(=O)n(CC(=O)N3CCCCC3)c2c1)c1cc2c(Cl)cccn2n1. The molecule has 4 aromatic rings. The molecule has 0 saturated carbocycles. The first-order valence-electron chi connectivity index (χ1n) is 10.4. The number of hydrogen-bond donors (Lipinski definition) is 1.